The van der Waals surface area contributed by atoms with Crippen LogP contribution in [0.15, 0.2) is 109 Å². The summed E-state index contributed by atoms with van der Waals surface area (Å²) < 4.78 is 29.7. The molecule has 0 aliphatic heterocycles. The summed E-state index contributed by atoms with van der Waals surface area (Å²) in [5, 5.41) is 1.04. The van der Waals surface area contributed by atoms with Gasteiger partial charge < -0.3 is 14.4 Å². The Morgan fingerprint density at radius 3 is 2.07 bits per heavy atom. The summed E-state index contributed by atoms with van der Waals surface area (Å²) in [5.41, 5.74) is 4.98. The topological polar surface area (TPSA) is 28.5 Å². The Morgan fingerprint density at radius 1 is 0.756 bits per heavy atom. The quantitative estimate of drug-likeness (QED) is 0.176. The van der Waals surface area contributed by atoms with Crippen LogP contribution in [0, 0.1) is 11.6 Å². The van der Waals surface area contributed by atoms with Gasteiger partial charge in [-0.3, -0.25) is 4.79 Å². The summed E-state index contributed by atoms with van der Waals surface area (Å²) >= 11 is 0. The van der Waals surface area contributed by atoms with E-state index < -0.39 is 0 Å². The van der Waals surface area contributed by atoms with Gasteiger partial charge in [0.05, 0.1) is 0 Å². The first-order valence-electron chi connectivity index (χ1n) is 13.9. The maximum atomic E-state index is 14.0. The number of rotatable bonds is 11. The normalized spacial score (nSPS) is 12.1. The van der Waals surface area contributed by atoms with Gasteiger partial charge in [-0.25, -0.2) is 8.78 Å². The van der Waals surface area contributed by atoms with Crippen molar-refractivity contribution in [3.63, 3.8) is 0 Å². The van der Waals surface area contributed by atoms with Gasteiger partial charge in [0.25, 0.3) is 0 Å². The number of para-hydroxylation sites is 1. The Labute approximate surface area is 240 Å². The second kappa shape index (κ2) is 12.9. The molecule has 4 aromatic carbocycles. The number of halogens is 2. The average molecular weight is 552 g/mol. The molecule has 0 bridgehead atoms. The number of fused-ring (bicyclic) bond motifs is 1. The molecule has 210 valence electrons. The number of hydrogen-bond acceptors (Lipinski definition) is 2. The van der Waals surface area contributed by atoms with E-state index in [1.54, 1.807) is 24.3 Å². The summed E-state index contributed by atoms with van der Waals surface area (Å²) in [7, 11) is 4.00. The number of benzene rings is 4. The van der Waals surface area contributed by atoms with E-state index in [0.717, 1.165) is 39.7 Å². The summed E-state index contributed by atoms with van der Waals surface area (Å²) in [6, 6.07) is 31.1. The van der Waals surface area contributed by atoms with E-state index >= 15 is 0 Å². The third-order valence-corrected chi connectivity index (χ3v) is 7.50. The zero-order valence-electron chi connectivity index (χ0n) is 23.5. The summed E-state index contributed by atoms with van der Waals surface area (Å²) in [4.78, 5) is 18.0. The lowest BCUT2D eigenvalue weighted by Gasteiger charge is -2.27. The van der Waals surface area contributed by atoms with Crippen molar-refractivity contribution in [2.75, 3.05) is 27.2 Å². The van der Waals surface area contributed by atoms with Gasteiger partial charge in [-0.05, 0) is 66.7 Å². The van der Waals surface area contributed by atoms with Crippen molar-refractivity contribution in [1.29, 1.82) is 0 Å². The monoisotopic (exact) mass is 551 g/mol. The summed E-state index contributed by atoms with van der Waals surface area (Å²) in [5.74, 6) is -0.814. The highest BCUT2D eigenvalue weighted by Crippen LogP contribution is 2.36. The van der Waals surface area contributed by atoms with Gasteiger partial charge in [-0.15, -0.1) is 0 Å². The molecular formula is C35H35F2N3O. The van der Waals surface area contributed by atoms with Crippen molar-refractivity contribution in [2.24, 2.45) is 0 Å². The van der Waals surface area contributed by atoms with Gasteiger partial charge in [0.2, 0.25) is 5.91 Å². The van der Waals surface area contributed by atoms with Crippen LogP contribution in [0.5, 0.6) is 0 Å². The van der Waals surface area contributed by atoms with Crippen molar-refractivity contribution in [2.45, 2.75) is 25.4 Å². The molecule has 1 amide bonds. The van der Waals surface area contributed by atoms with Crippen molar-refractivity contribution in [1.82, 2.24) is 14.4 Å². The summed E-state index contributed by atoms with van der Waals surface area (Å²) in [6.45, 7) is 2.43. The van der Waals surface area contributed by atoms with Gasteiger partial charge in [-0.1, -0.05) is 72.8 Å². The lowest BCUT2D eigenvalue weighted by atomic mass is 9.87. The smallest absolute Gasteiger partial charge is 0.223 e. The van der Waals surface area contributed by atoms with Crippen LogP contribution in [0.1, 0.15) is 34.6 Å². The predicted octanol–water partition coefficient (Wildman–Crippen LogP) is 7.08. The standard InChI is InChI=1S/C35H35F2N3O/c1-38(2)20-21-39(23-26-8-4-3-5-9-26)35(41)22-32(28-14-18-30(37)19-15-28)33-25-40(34-11-7-6-10-31(33)34)24-27-12-16-29(36)17-13-27/h3-19,25,32H,20-24H2,1-2H3. The van der Waals surface area contributed by atoms with Gasteiger partial charge in [0.15, 0.2) is 0 Å². The Kier molecular flexibility index (Phi) is 8.90. The van der Waals surface area contributed by atoms with E-state index in [9.17, 15) is 13.6 Å². The third kappa shape index (κ3) is 7.08. The number of nitrogens with zero attached hydrogens (tertiary/aromatic N) is 3. The van der Waals surface area contributed by atoms with E-state index in [0.29, 0.717) is 19.6 Å². The minimum absolute atomic E-state index is 0.0420. The van der Waals surface area contributed by atoms with Crippen molar-refractivity contribution < 1.29 is 13.6 Å². The predicted molar refractivity (Wildman–Crippen MR) is 161 cm³/mol. The molecule has 4 nitrogen and oxygen atoms in total. The number of carbonyl (C=O) groups excluding carboxylic acids is 1. The molecule has 0 N–H and O–H groups in total. The molecule has 0 saturated heterocycles. The summed E-state index contributed by atoms with van der Waals surface area (Å²) in [6.07, 6.45) is 2.34. The molecule has 1 unspecified atom stereocenters. The maximum absolute atomic E-state index is 14.0. The SMILES string of the molecule is CN(C)CCN(Cc1ccccc1)C(=O)CC(c1ccc(F)cc1)c1cn(Cc2ccc(F)cc2)c2ccccc12. The Morgan fingerprint density at radius 2 is 1.39 bits per heavy atom. The Balaban J connectivity index is 1.52. The number of aromatic nitrogens is 1. The van der Waals surface area contributed by atoms with Crippen LogP contribution < -0.4 is 0 Å². The molecular weight excluding hydrogens is 516 g/mol. The second-order valence-corrected chi connectivity index (χ2v) is 10.8. The van der Waals surface area contributed by atoms with Gasteiger partial charge >= 0.3 is 0 Å². The molecule has 0 aliphatic rings. The highest BCUT2D eigenvalue weighted by molar-refractivity contribution is 5.87. The first-order valence-corrected chi connectivity index (χ1v) is 13.9. The molecule has 5 rings (SSSR count). The van der Waals surface area contributed by atoms with Crippen molar-refractivity contribution in [3.8, 4) is 0 Å². The minimum Gasteiger partial charge on any atom is -0.343 e. The van der Waals surface area contributed by atoms with Crippen LogP contribution in [0.3, 0.4) is 0 Å². The minimum atomic E-state index is -0.311. The number of likely N-dealkylation sites (N-methyl/N-ethyl adjacent to an activating group) is 1. The highest BCUT2D eigenvalue weighted by atomic mass is 19.1. The lowest BCUT2D eigenvalue weighted by Crippen LogP contribution is -2.37. The molecule has 6 heteroatoms. The number of hydrogen-bond donors (Lipinski definition) is 0. The highest BCUT2D eigenvalue weighted by Gasteiger charge is 2.26. The molecule has 0 saturated carbocycles. The van der Waals surface area contributed by atoms with Crippen molar-refractivity contribution >= 4 is 16.8 Å². The van der Waals surface area contributed by atoms with Crippen LogP contribution in [0.25, 0.3) is 10.9 Å². The fourth-order valence-electron chi connectivity index (χ4n) is 5.29. The fourth-order valence-corrected chi connectivity index (χ4v) is 5.29. The zero-order valence-corrected chi connectivity index (χ0v) is 23.5. The van der Waals surface area contributed by atoms with Crippen LogP contribution in [0.4, 0.5) is 8.78 Å². The van der Waals surface area contributed by atoms with Crippen molar-refractivity contribution in [3.05, 3.63) is 143 Å². The van der Waals surface area contributed by atoms with Crippen LogP contribution in [0.2, 0.25) is 0 Å². The van der Waals surface area contributed by atoms with E-state index in [-0.39, 0.29) is 29.9 Å². The first kappa shape index (κ1) is 28.2. The number of carbonyl (C=O) groups is 1. The van der Waals surface area contributed by atoms with Gasteiger partial charge in [-0.2, -0.15) is 0 Å². The second-order valence-electron chi connectivity index (χ2n) is 10.8. The van der Waals surface area contributed by atoms with E-state index in [4.69, 9.17) is 0 Å². The van der Waals surface area contributed by atoms with Crippen LogP contribution >= 0.6 is 0 Å². The lowest BCUT2D eigenvalue weighted by molar-refractivity contribution is -0.132. The molecule has 0 fully saturated rings. The molecule has 1 aromatic heterocycles. The average Bonchev–Trinajstić information content (AvgIpc) is 3.34. The Hall–Kier alpha value is -4.29. The first-order chi connectivity index (χ1) is 19.9. The third-order valence-electron chi connectivity index (χ3n) is 7.50. The number of amides is 1. The maximum Gasteiger partial charge on any atom is 0.223 e. The fraction of sp³-hybridized carbons (Fsp3) is 0.229. The van der Waals surface area contributed by atoms with E-state index in [2.05, 4.69) is 27.8 Å². The molecule has 0 radical (unpaired) electrons. The molecule has 5 aromatic rings. The van der Waals surface area contributed by atoms with Gasteiger partial charge in [0, 0.05) is 55.6 Å². The van der Waals surface area contributed by atoms with Crippen LogP contribution in [-0.4, -0.2) is 47.5 Å². The largest absolute Gasteiger partial charge is 0.343 e. The molecule has 1 atom stereocenters. The van der Waals surface area contributed by atoms with E-state index in [1.807, 2.05) is 61.5 Å². The zero-order chi connectivity index (χ0) is 28.8. The van der Waals surface area contributed by atoms with E-state index in [1.165, 1.54) is 24.3 Å². The molecule has 0 spiro atoms. The molecule has 41 heavy (non-hydrogen) atoms. The Bertz CT molecular complexity index is 1580. The van der Waals surface area contributed by atoms with Gasteiger partial charge in [0.1, 0.15) is 11.6 Å². The van der Waals surface area contributed by atoms with Crippen LogP contribution in [-0.2, 0) is 17.9 Å². The molecule has 1 heterocycles. The molecule has 0 aliphatic carbocycles.